The van der Waals surface area contributed by atoms with Gasteiger partial charge >= 0.3 is 21.6 Å². The van der Waals surface area contributed by atoms with Gasteiger partial charge in [0.05, 0.1) is 17.8 Å². The highest BCUT2D eigenvalue weighted by molar-refractivity contribution is 7.88. The smallest absolute Gasteiger partial charge is 0.464 e. The Morgan fingerprint density at radius 1 is 1.11 bits per heavy atom. The highest BCUT2D eigenvalue weighted by Crippen LogP contribution is 2.43. The van der Waals surface area contributed by atoms with Crippen molar-refractivity contribution in [3.63, 3.8) is 0 Å². The van der Waals surface area contributed by atoms with Gasteiger partial charge in [0.15, 0.2) is 11.9 Å². The molecule has 0 aromatic heterocycles. The molecule has 0 unspecified atom stereocenters. The van der Waals surface area contributed by atoms with E-state index in [0.29, 0.717) is 6.07 Å². The van der Waals surface area contributed by atoms with E-state index in [9.17, 15) is 35.6 Å². The van der Waals surface area contributed by atoms with Crippen LogP contribution in [0.25, 0.3) is 10.8 Å². The van der Waals surface area contributed by atoms with Crippen LogP contribution in [0.1, 0.15) is 55.3 Å². The maximum absolute atomic E-state index is 14.8. The average molecular weight is 524 g/mol. The Hall–Kier alpha value is -2.93. The van der Waals surface area contributed by atoms with Crippen LogP contribution in [-0.4, -0.2) is 45.1 Å². The zero-order valence-corrected chi connectivity index (χ0v) is 20.6. The van der Waals surface area contributed by atoms with E-state index < -0.39 is 67.3 Å². The number of fused-ring (bicyclic) bond motifs is 1. The summed E-state index contributed by atoms with van der Waals surface area (Å²) in [5.74, 6) is -3.98. The first-order valence-electron chi connectivity index (χ1n) is 10.3. The van der Waals surface area contributed by atoms with Crippen LogP contribution in [0.5, 0.6) is 5.75 Å². The summed E-state index contributed by atoms with van der Waals surface area (Å²) in [4.78, 5) is 24.8. The number of carbonyl (C=O) groups is 2. The van der Waals surface area contributed by atoms with Gasteiger partial charge in [0.25, 0.3) is 5.91 Å². The van der Waals surface area contributed by atoms with Gasteiger partial charge in [-0.05, 0) is 57.7 Å². The van der Waals surface area contributed by atoms with E-state index in [2.05, 4.69) is 9.50 Å². The van der Waals surface area contributed by atoms with E-state index in [-0.39, 0.29) is 17.6 Å². The fourth-order valence-corrected chi connectivity index (χ4v) is 3.71. The predicted octanol–water partition coefficient (Wildman–Crippen LogP) is 4.29. The van der Waals surface area contributed by atoms with Gasteiger partial charge in [-0.1, -0.05) is 6.07 Å². The molecule has 35 heavy (non-hydrogen) atoms. The lowest BCUT2D eigenvalue weighted by Crippen LogP contribution is -2.32. The number of amides is 1. The lowest BCUT2D eigenvalue weighted by Gasteiger charge is -2.29. The zero-order chi connectivity index (χ0) is 26.9. The molecule has 13 heteroatoms. The summed E-state index contributed by atoms with van der Waals surface area (Å²) in [6.07, 6.45) is -1.72. The van der Waals surface area contributed by atoms with Crippen LogP contribution in [0.4, 0.5) is 17.6 Å². The molecule has 8 nitrogen and oxygen atoms in total. The number of ether oxygens (including phenoxy) is 2. The third kappa shape index (κ3) is 6.20. The van der Waals surface area contributed by atoms with Crippen molar-refractivity contribution in [1.29, 1.82) is 0 Å². The molecule has 2 aromatic rings. The Morgan fingerprint density at radius 2 is 1.71 bits per heavy atom. The van der Waals surface area contributed by atoms with E-state index >= 15 is 0 Å². The lowest BCUT2D eigenvalue weighted by molar-refractivity contribution is -0.167. The molecule has 0 radical (unpaired) electrons. The first kappa shape index (κ1) is 28.3. The summed E-state index contributed by atoms with van der Waals surface area (Å²) in [6, 6.07) is 3.02. The first-order chi connectivity index (χ1) is 15.9. The summed E-state index contributed by atoms with van der Waals surface area (Å²) in [5, 5.41) is 1.77. The normalized spacial score (nSPS) is 13.4. The van der Waals surface area contributed by atoms with Gasteiger partial charge in [0, 0.05) is 18.0 Å². The minimum atomic E-state index is -6.25. The fraction of sp³-hybridized carbons (Fsp3) is 0.455. The topological polar surface area (TPSA) is 108 Å². The van der Waals surface area contributed by atoms with Crippen molar-refractivity contribution < 1.29 is 49.2 Å². The molecule has 0 aliphatic heterocycles. The van der Waals surface area contributed by atoms with E-state index in [1.807, 2.05) is 0 Å². The number of carbonyl (C=O) groups excluding carboxylic acids is 2. The first-order valence-corrected chi connectivity index (χ1v) is 11.7. The number of aryl methyl sites for hydroxylation is 1. The average Bonchev–Trinajstić information content (AvgIpc) is 2.70. The summed E-state index contributed by atoms with van der Waals surface area (Å²) in [6.45, 7) is 7.40. The van der Waals surface area contributed by atoms with Gasteiger partial charge in [-0.3, -0.25) is 4.79 Å². The van der Waals surface area contributed by atoms with Crippen LogP contribution in [0.3, 0.4) is 0 Å². The van der Waals surface area contributed by atoms with Crippen LogP contribution in [-0.2, 0) is 24.4 Å². The molecule has 0 bridgehead atoms. The van der Waals surface area contributed by atoms with Crippen LogP contribution in [0.15, 0.2) is 18.2 Å². The maximum Gasteiger partial charge on any atom is 0.534 e. The van der Waals surface area contributed by atoms with E-state index in [4.69, 9.17) is 9.47 Å². The number of halogens is 4. The van der Waals surface area contributed by atoms with Gasteiger partial charge in [-0.15, -0.1) is 0 Å². The van der Waals surface area contributed by atoms with Crippen LogP contribution in [0, 0.1) is 12.7 Å². The molecule has 1 amide bonds. The van der Waals surface area contributed by atoms with Crippen molar-refractivity contribution in [2.24, 2.45) is 0 Å². The quantitative estimate of drug-likeness (QED) is 0.250. The number of hydrogen-bond acceptors (Lipinski definition) is 7. The van der Waals surface area contributed by atoms with Gasteiger partial charge < -0.3 is 19.0 Å². The fourth-order valence-electron chi connectivity index (χ4n) is 3.22. The van der Waals surface area contributed by atoms with Crippen molar-refractivity contribution in [2.45, 2.75) is 51.8 Å². The Morgan fingerprint density at radius 3 is 2.20 bits per heavy atom. The molecule has 0 fully saturated rings. The number of alkyl halides is 3. The minimum absolute atomic E-state index is 0.0167. The molecule has 0 spiro atoms. The van der Waals surface area contributed by atoms with Crippen LogP contribution < -0.4 is 9.50 Å². The van der Waals surface area contributed by atoms with Crippen LogP contribution in [0.2, 0.25) is 0 Å². The van der Waals surface area contributed by atoms with Crippen molar-refractivity contribution in [2.75, 3.05) is 13.7 Å². The van der Waals surface area contributed by atoms with Crippen LogP contribution >= 0.6 is 0 Å². The predicted molar refractivity (Wildman–Crippen MR) is 118 cm³/mol. The van der Waals surface area contributed by atoms with E-state index in [0.717, 1.165) is 6.07 Å². The molecule has 1 N–H and O–H groups in total. The van der Waals surface area contributed by atoms with Gasteiger partial charge in [-0.2, -0.15) is 21.6 Å². The summed E-state index contributed by atoms with van der Waals surface area (Å²) < 4.78 is 93.6. The molecule has 0 saturated carbocycles. The third-order valence-electron chi connectivity index (χ3n) is 4.61. The van der Waals surface area contributed by atoms with Crippen molar-refractivity contribution in [3.05, 3.63) is 40.7 Å². The third-order valence-corrected chi connectivity index (χ3v) is 5.56. The van der Waals surface area contributed by atoms with Gasteiger partial charge in [-0.25, -0.2) is 9.18 Å². The molecule has 0 heterocycles. The molecular weight excluding hydrogens is 498 g/mol. The molecule has 0 aliphatic rings. The molecular formula is C22H25F4NO7S. The van der Waals surface area contributed by atoms with E-state index in [1.54, 1.807) is 20.8 Å². The number of rotatable bonds is 7. The lowest BCUT2D eigenvalue weighted by atomic mass is 9.94. The minimum Gasteiger partial charge on any atom is -0.464 e. The maximum atomic E-state index is 14.8. The monoisotopic (exact) mass is 523 g/mol. The molecule has 2 rings (SSSR count). The second-order valence-electron chi connectivity index (χ2n) is 8.41. The Kier molecular flexibility index (Phi) is 8.07. The zero-order valence-electron chi connectivity index (χ0n) is 19.8. The number of nitrogens with one attached hydrogen (secondary N) is 1. The largest absolute Gasteiger partial charge is 0.534 e. The van der Waals surface area contributed by atoms with Crippen molar-refractivity contribution >= 4 is 32.8 Å². The van der Waals surface area contributed by atoms with Crippen molar-refractivity contribution in [1.82, 2.24) is 5.32 Å². The molecule has 1 atom stereocenters. The SMILES string of the molecule is CCOC(=O)[C@@H](OC(C)(C)C)c1c(C)cc2cc(C(=O)NC)c(F)cc2c1OS(=O)(=O)C(F)(F)F. The highest BCUT2D eigenvalue weighted by Gasteiger charge is 2.49. The highest BCUT2D eigenvalue weighted by atomic mass is 32.2. The summed E-state index contributed by atoms with van der Waals surface area (Å²) in [5.41, 5.74) is -7.64. The number of benzene rings is 2. The summed E-state index contributed by atoms with van der Waals surface area (Å²) >= 11 is 0. The molecule has 2 aromatic carbocycles. The van der Waals surface area contributed by atoms with Crippen molar-refractivity contribution in [3.8, 4) is 5.75 Å². The van der Waals surface area contributed by atoms with Gasteiger partial charge in [0.1, 0.15) is 5.82 Å². The molecule has 0 aliphatic carbocycles. The second kappa shape index (κ2) is 9.97. The van der Waals surface area contributed by atoms with Gasteiger partial charge in [0.2, 0.25) is 0 Å². The molecule has 194 valence electrons. The Balaban J connectivity index is 3.00. The standard InChI is InChI=1S/C22H25F4NO7S/c1-7-32-20(29)18(33-21(3,4)5)16-11(2)8-12-9-14(19(28)27-6)15(23)10-13(12)17(16)34-35(30,31)22(24,25)26/h8-10,18H,7H2,1-6H3,(H,27,28)/t18-/m0/s1. The number of hydrogen-bond donors (Lipinski definition) is 1. The Labute approximate surface area is 199 Å². The van der Waals surface area contributed by atoms with E-state index in [1.165, 1.54) is 27.0 Å². The molecule has 0 saturated heterocycles. The number of esters is 1. The summed E-state index contributed by atoms with van der Waals surface area (Å²) in [7, 11) is -5.00. The second-order valence-corrected chi connectivity index (χ2v) is 9.95. The Bertz CT molecular complexity index is 1250.